The van der Waals surface area contributed by atoms with Gasteiger partial charge in [0.2, 0.25) is 0 Å². The van der Waals surface area contributed by atoms with Gasteiger partial charge in [-0.05, 0) is 22.2 Å². The molecule has 0 bridgehead atoms. The van der Waals surface area contributed by atoms with E-state index in [-0.39, 0.29) is 0 Å². The van der Waals surface area contributed by atoms with Gasteiger partial charge in [-0.2, -0.15) is 0 Å². The van der Waals surface area contributed by atoms with E-state index in [1.807, 2.05) is 18.2 Å². The topological polar surface area (TPSA) is 34.1 Å². The van der Waals surface area contributed by atoms with Crippen LogP contribution < -0.4 is 0 Å². The van der Waals surface area contributed by atoms with Crippen LogP contribution in [-0.4, -0.2) is 12.6 Å². The predicted molar refractivity (Wildman–Crippen MR) is 82.2 cm³/mol. The van der Waals surface area contributed by atoms with Crippen LogP contribution in [0.5, 0.6) is 0 Å². The van der Waals surface area contributed by atoms with Crippen LogP contribution in [0, 0.1) is 0 Å². The van der Waals surface area contributed by atoms with Gasteiger partial charge < -0.3 is 0 Å². The molecule has 0 unspecified atom stereocenters. The van der Waals surface area contributed by atoms with Gasteiger partial charge in [-0.25, -0.2) is 0 Å². The third kappa shape index (κ3) is 1.73. The molecule has 0 aromatic heterocycles. The Morgan fingerprint density at radius 3 is 1.95 bits per heavy atom. The van der Waals surface area contributed by atoms with E-state index in [1.54, 1.807) is 18.2 Å². The molecule has 4 heteroatoms. The second-order valence-corrected chi connectivity index (χ2v) is 5.18. The Hall–Kier alpha value is -1.90. The number of benzene rings is 3. The van der Waals surface area contributed by atoms with Gasteiger partial charge in [-0.3, -0.25) is 9.59 Å². The Kier molecular flexibility index (Phi) is 3.20. The van der Waals surface area contributed by atoms with Crippen LogP contribution in [0.1, 0.15) is 20.7 Å². The second kappa shape index (κ2) is 4.89. The Morgan fingerprint density at radius 1 is 0.750 bits per heavy atom. The SMILES string of the molecule is O=Cc1c2ccccc2c(C=O)c2c(Cl)c(Cl)ccc12. The van der Waals surface area contributed by atoms with Crippen molar-refractivity contribution in [2.45, 2.75) is 0 Å². The van der Waals surface area contributed by atoms with E-state index in [1.165, 1.54) is 0 Å². The summed E-state index contributed by atoms with van der Waals surface area (Å²) in [7, 11) is 0. The number of carbonyl (C=O) groups excluding carboxylic acids is 2. The van der Waals surface area contributed by atoms with Gasteiger partial charge in [0.15, 0.2) is 12.6 Å². The summed E-state index contributed by atoms with van der Waals surface area (Å²) in [6, 6.07) is 10.6. The van der Waals surface area contributed by atoms with Crippen molar-refractivity contribution in [1.82, 2.24) is 0 Å². The summed E-state index contributed by atoms with van der Waals surface area (Å²) in [4.78, 5) is 23.0. The molecule has 0 saturated heterocycles. The van der Waals surface area contributed by atoms with Crippen LogP contribution in [-0.2, 0) is 0 Å². The van der Waals surface area contributed by atoms with Gasteiger partial charge in [-0.15, -0.1) is 0 Å². The largest absolute Gasteiger partial charge is 0.298 e. The lowest BCUT2D eigenvalue weighted by Crippen LogP contribution is -1.94. The minimum absolute atomic E-state index is 0.292. The third-order valence-electron chi connectivity index (χ3n) is 3.40. The second-order valence-electron chi connectivity index (χ2n) is 4.39. The van der Waals surface area contributed by atoms with E-state index in [2.05, 4.69) is 0 Å². The van der Waals surface area contributed by atoms with Crippen molar-refractivity contribution in [3.63, 3.8) is 0 Å². The van der Waals surface area contributed by atoms with Gasteiger partial charge in [-0.1, -0.05) is 53.5 Å². The molecule has 98 valence electrons. The zero-order chi connectivity index (χ0) is 14.3. The van der Waals surface area contributed by atoms with Crippen molar-refractivity contribution in [1.29, 1.82) is 0 Å². The average molecular weight is 303 g/mol. The van der Waals surface area contributed by atoms with Crippen LogP contribution >= 0.6 is 23.2 Å². The molecule has 3 aromatic rings. The van der Waals surface area contributed by atoms with Crippen molar-refractivity contribution >= 4 is 57.3 Å². The number of fused-ring (bicyclic) bond motifs is 2. The zero-order valence-electron chi connectivity index (χ0n) is 10.2. The molecule has 0 atom stereocenters. The molecular weight excluding hydrogens is 295 g/mol. The molecule has 2 nitrogen and oxygen atoms in total. The van der Waals surface area contributed by atoms with Crippen LogP contribution in [0.4, 0.5) is 0 Å². The van der Waals surface area contributed by atoms with Crippen LogP contribution in [0.25, 0.3) is 21.5 Å². The number of hydrogen-bond donors (Lipinski definition) is 0. The highest BCUT2D eigenvalue weighted by Gasteiger charge is 2.16. The number of aldehydes is 2. The highest BCUT2D eigenvalue weighted by Crippen LogP contribution is 2.38. The van der Waals surface area contributed by atoms with Gasteiger partial charge in [0.05, 0.1) is 10.0 Å². The maximum atomic E-state index is 11.5. The van der Waals surface area contributed by atoms with E-state index in [0.29, 0.717) is 37.3 Å². The normalized spacial score (nSPS) is 10.9. The third-order valence-corrected chi connectivity index (χ3v) is 4.20. The monoisotopic (exact) mass is 302 g/mol. The van der Waals surface area contributed by atoms with Crippen LogP contribution in [0.3, 0.4) is 0 Å². The van der Waals surface area contributed by atoms with Crippen molar-refractivity contribution in [3.8, 4) is 0 Å². The minimum atomic E-state index is 0.292. The number of rotatable bonds is 2. The molecule has 0 aliphatic heterocycles. The summed E-state index contributed by atoms with van der Waals surface area (Å²) < 4.78 is 0. The molecule has 0 spiro atoms. The van der Waals surface area contributed by atoms with Gasteiger partial charge >= 0.3 is 0 Å². The van der Waals surface area contributed by atoms with Gasteiger partial charge in [0.25, 0.3) is 0 Å². The molecule has 0 radical (unpaired) electrons. The van der Waals surface area contributed by atoms with Crippen LogP contribution in [0.2, 0.25) is 10.0 Å². The summed E-state index contributed by atoms with van der Waals surface area (Å²) >= 11 is 12.3. The maximum Gasteiger partial charge on any atom is 0.151 e. The highest BCUT2D eigenvalue weighted by molar-refractivity contribution is 6.46. The lowest BCUT2D eigenvalue weighted by atomic mass is 9.93. The first-order valence-electron chi connectivity index (χ1n) is 5.91. The first-order valence-corrected chi connectivity index (χ1v) is 6.67. The number of carbonyl (C=O) groups is 2. The minimum Gasteiger partial charge on any atom is -0.298 e. The van der Waals surface area contributed by atoms with Crippen LogP contribution in [0.15, 0.2) is 36.4 Å². The molecule has 0 fully saturated rings. The summed E-state index contributed by atoms with van der Waals surface area (Å²) in [6.45, 7) is 0. The molecule has 20 heavy (non-hydrogen) atoms. The molecule has 0 aliphatic rings. The van der Waals surface area contributed by atoms with Gasteiger partial charge in [0.1, 0.15) is 0 Å². The van der Waals surface area contributed by atoms with Gasteiger partial charge in [0, 0.05) is 16.5 Å². The van der Waals surface area contributed by atoms with E-state index in [9.17, 15) is 9.59 Å². The fourth-order valence-electron chi connectivity index (χ4n) is 2.52. The molecule has 0 saturated carbocycles. The predicted octanol–water partition coefficient (Wildman–Crippen LogP) is 4.92. The fraction of sp³-hybridized carbons (Fsp3) is 0. The van der Waals surface area contributed by atoms with Crippen molar-refractivity contribution in [2.75, 3.05) is 0 Å². The Bertz CT molecular complexity index is 869. The summed E-state index contributed by atoms with van der Waals surface area (Å²) in [5, 5.41) is 3.23. The lowest BCUT2D eigenvalue weighted by Gasteiger charge is -2.12. The molecule has 0 N–H and O–H groups in total. The molecule has 0 amide bonds. The molecule has 3 rings (SSSR count). The Morgan fingerprint density at radius 2 is 1.35 bits per heavy atom. The highest BCUT2D eigenvalue weighted by atomic mass is 35.5. The van der Waals surface area contributed by atoms with E-state index < -0.39 is 0 Å². The summed E-state index contributed by atoms with van der Waals surface area (Å²) in [5.74, 6) is 0. The lowest BCUT2D eigenvalue weighted by molar-refractivity contribution is 0.111. The smallest absolute Gasteiger partial charge is 0.151 e. The Labute approximate surface area is 124 Å². The van der Waals surface area contributed by atoms with Crippen molar-refractivity contribution < 1.29 is 9.59 Å². The number of hydrogen-bond acceptors (Lipinski definition) is 2. The van der Waals surface area contributed by atoms with Crippen molar-refractivity contribution in [3.05, 3.63) is 57.6 Å². The molecular formula is C16H8Cl2O2. The summed E-state index contributed by atoms with van der Waals surface area (Å²) in [5.41, 5.74) is 0.966. The van der Waals surface area contributed by atoms with Crippen molar-refractivity contribution in [2.24, 2.45) is 0 Å². The molecule has 0 aliphatic carbocycles. The van der Waals surface area contributed by atoms with E-state index in [0.717, 1.165) is 18.0 Å². The molecule has 3 aromatic carbocycles. The van der Waals surface area contributed by atoms with E-state index in [4.69, 9.17) is 23.2 Å². The fourth-order valence-corrected chi connectivity index (χ4v) is 2.94. The summed E-state index contributed by atoms with van der Waals surface area (Å²) in [6.07, 6.45) is 1.53. The average Bonchev–Trinajstić information content (AvgIpc) is 2.48. The standard InChI is InChI=1S/C16H8Cl2O2/c17-14-6-5-11-12(7-19)9-3-1-2-4-10(9)13(8-20)15(11)16(14)18/h1-8H. The van der Waals surface area contributed by atoms with E-state index >= 15 is 0 Å². The first kappa shape index (κ1) is 13.1. The molecule has 0 heterocycles. The number of halogens is 2. The maximum absolute atomic E-state index is 11.5. The zero-order valence-corrected chi connectivity index (χ0v) is 11.7. The quantitative estimate of drug-likeness (QED) is 0.497. The Balaban J connectivity index is 2.73. The first-order chi connectivity index (χ1) is 9.69.